The van der Waals surface area contributed by atoms with Crippen LogP contribution >= 0.6 is 0 Å². The number of allylic oxidation sites excluding steroid dienone is 1. The summed E-state index contributed by atoms with van der Waals surface area (Å²) in [6, 6.07) is 6.52. The van der Waals surface area contributed by atoms with Crippen molar-refractivity contribution in [3.8, 4) is 5.69 Å². The van der Waals surface area contributed by atoms with E-state index in [0.29, 0.717) is 5.92 Å². The molecule has 6 heteroatoms. The van der Waals surface area contributed by atoms with Crippen LogP contribution in [0, 0.1) is 24.1 Å². The lowest BCUT2D eigenvalue weighted by Gasteiger charge is -2.35. The van der Waals surface area contributed by atoms with Gasteiger partial charge in [-0.3, -0.25) is 0 Å². The molecule has 2 aromatic rings. The van der Waals surface area contributed by atoms with Crippen LogP contribution in [0.2, 0.25) is 0 Å². The van der Waals surface area contributed by atoms with E-state index in [9.17, 15) is 9.18 Å². The molecule has 3 rings (SSSR count). The first-order chi connectivity index (χ1) is 14.7. The number of nitrogens with zero attached hydrogens (tertiary/aromatic N) is 3. The fraction of sp³-hybridized carbons (Fsp3) is 0.520. The maximum Gasteiger partial charge on any atom is 0.317 e. The van der Waals surface area contributed by atoms with Gasteiger partial charge in [-0.15, -0.1) is 0 Å². The fourth-order valence-corrected chi connectivity index (χ4v) is 4.72. The summed E-state index contributed by atoms with van der Waals surface area (Å²) in [5, 5.41) is 7.74. The zero-order valence-electron chi connectivity index (χ0n) is 19.4. The number of nitrogens with one attached hydrogen (secondary N) is 1. The third-order valence-corrected chi connectivity index (χ3v) is 7.04. The van der Waals surface area contributed by atoms with Crippen LogP contribution in [0.15, 0.2) is 42.6 Å². The molecule has 2 amide bonds. The minimum absolute atomic E-state index is 0.0400. The smallest absolute Gasteiger partial charge is 0.317 e. The number of carbonyl (C=O) groups is 1. The number of hydrogen-bond acceptors (Lipinski definition) is 2. The lowest BCUT2D eigenvalue weighted by atomic mass is 9.70. The maximum absolute atomic E-state index is 13.3. The second-order valence-electron chi connectivity index (χ2n) is 9.26. The molecule has 0 aliphatic heterocycles. The Morgan fingerprint density at radius 2 is 2.06 bits per heavy atom. The first-order valence-corrected chi connectivity index (χ1v) is 11.1. The van der Waals surface area contributed by atoms with Crippen LogP contribution in [0.3, 0.4) is 0 Å². The van der Waals surface area contributed by atoms with Crippen LogP contribution in [0.5, 0.6) is 0 Å². The van der Waals surface area contributed by atoms with Crippen LogP contribution in [-0.4, -0.2) is 40.8 Å². The molecule has 0 bridgehead atoms. The van der Waals surface area contributed by atoms with Crippen molar-refractivity contribution in [3.05, 3.63) is 59.7 Å². The number of benzene rings is 1. The zero-order valence-corrected chi connectivity index (χ0v) is 19.4. The third kappa shape index (κ3) is 4.83. The monoisotopic (exact) mass is 426 g/mol. The van der Waals surface area contributed by atoms with E-state index in [2.05, 4.69) is 37.8 Å². The summed E-state index contributed by atoms with van der Waals surface area (Å²) in [6.45, 7) is 10.9. The molecule has 1 heterocycles. The van der Waals surface area contributed by atoms with Crippen molar-refractivity contribution in [1.82, 2.24) is 20.0 Å². The van der Waals surface area contributed by atoms with Gasteiger partial charge in [0.15, 0.2) is 0 Å². The lowest BCUT2D eigenvalue weighted by Crippen LogP contribution is -2.43. The van der Waals surface area contributed by atoms with E-state index in [1.165, 1.54) is 23.3 Å². The van der Waals surface area contributed by atoms with Gasteiger partial charge in [0.2, 0.25) is 0 Å². The summed E-state index contributed by atoms with van der Waals surface area (Å²) in [6.07, 6.45) is 6.75. The zero-order chi connectivity index (χ0) is 22.8. The summed E-state index contributed by atoms with van der Waals surface area (Å²) in [4.78, 5) is 13.8. The first kappa shape index (κ1) is 23.0. The Labute approximate surface area is 185 Å². The average Bonchev–Trinajstić information content (AvgIpc) is 3.22. The quantitative estimate of drug-likeness (QED) is 0.613. The SMILES string of the molecule is C=C1CC[C@H](CC(CC)NC(=O)N(C)C)[C@@]1(C)Cc1cnn(-c2ccc(F)cc2)c1C. The Morgan fingerprint density at radius 3 is 2.68 bits per heavy atom. The molecular formula is C25H35FN4O. The van der Waals surface area contributed by atoms with E-state index in [1.54, 1.807) is 31.1 Å². The molecule has 1 aromatic heterocycles. The van der Waals surface area contributed by atoms with Crippen molar-refractivity contribution in [2.24, 2.45) is 11.3 Å². The highest BCUT2D eigenvalue weighted by Crippen LogP contribution is 2.51. The van der Waals surface area contributed by atoms with Crippen molar-refractivity contribution in [2.45, 2.75) is 58.9 Å². The second kappa shape index (κ2) is 9.25. The summed E-state index contributed by atoms with van der Waals surface area (Å²) in [7, 11) is 3.54. The Morgan fingerprint density at radius 1 is 1.39 bits per heavy atom. The molecule has 1 aliphatic rings. The number of aromatic nitrogens is 2. The van der Waals surface area contributed by atoms with E-state index >= 15 is 0 Å². The van der Waals surface area contributed by atoms with Gasteiger partial charge in [-0.1, -0.05) is 26.0 Å². The Kier molecular flexibility index (Phi) is 6.87. The highest BCUT2D eigenvalue weighted by molar-refractivity contribution is 5.73. The van der Waals surface area contributed by atoms with Gasteiger partial charge in [0.05, 0.1) is 11.9 Å². The summed E-state index contributed by atoms with van der Waals surface area (Å²) >= 11 is 0. The van der Waals surface area contributed by atoms with Gasteiger partial charge in [-0.25, -0.2) is 13.9 Å². The summed E-state index contributed by atoms with van der Waals surface area (Å²) in [5.41, 5.74) is 4.34. The van der Waals surface area contributed by atoms with Gasteiger partial charge in [-0.05, 0) is 80.2 Å². The van der Waals surface area contributed by atoms with Crippen molar-refractivity contribution in [1.29, 1.82) is 0 Å². The first-order valence-electron chi connectivity index (χ1n) is 11.1. The lowest BCUT2D eigenvalue weighted by molar-refractivity contribution is 0.198. The number of carbonyl (C=O) groups excluding carboxylic acids is 1. The molecule has 1 N–H and O–H groups in total. The third-order valence-electron chi connectivity index (χ3n) is 7.04. The van der Waals surface area contributed by atoms with Crippen LogP contribution < -0.4 is 5.32 Å². The van der Waals surface area contributed by atoms with Crippen LogP contribution in [0.25, 0.3) is 5.69 Å². The Hall–Kier alpha value is -2.63. The minimum Gasteiger partial charge on any atom is -0.335 e. The van der Waals surface area contributed by atoms with Crippen molar-refractivity contribution in [3.63, 3.8) is 0 Å². The molecule has 3 atom stereocenters. The molecular weight excluding hydrogens is 391 g/mol. The number of amides is 2. The Bertz CT molecular complexity index is 933. The van der Waals surface area contributed by atoms with Crippen LogP contribution in [0.1, 0.15) is 50.8 Å². The average molecular weight is 427 g/mol. The van der Waals surface area contributed by atoms with E-state index in [0.717, 1.165) is 43.5 Å². The fourth-order valence-electron chi connectivity index (χ4n) is 4.72. The number of hydrogen-bond donors (Lipinski definition) is 1. The van der Waals surface area contributed by atoms with Gasteiger partial charge in [0.25, 0.3) is 0 Å². The van der Waals surface area contributed by atoms with E-state index in [1.807, 2.05) is 10.9 Å². The van der Waals surface area contributed by atoms with Gasteiger partial charge in [0.1, 0.15) is 5.82 Å². The number of halogens is 1. The minimum atomic E-state index is -0.252. The Balaban J connectivity index is 1.79. The normalized spacial score (nSPS) is 21.9. The number of rotatable bonds is 7. The van der Waals surface area contributed by atoms with Gasteiger partial charge >= 0.3 is 6.03 Å². The highest BCUT2D eigenvalue weighted by atomic mass is 19.1. The molecule has 168 valence electrons. The molecule has 5 nitrogen and oxygen atoms in total. The maximum atomic E-state index is 13.3. The molecule has 0 saturated heterocycles. The van der Waals surface area contributed by atoms with E-state index in [4.69, 9.17) is 0 Å². The van der Waals surface area contributed by atoms with Gasteiger partial charge in [-0.2, -0.15) is 5.10 Å². The van der Waals surface area contributed by atoms with Crippen molar-refractivity contribution < 1.29 is 9.18 Å². The van der Waals surface area contributed by atoms with Crippen molar-refractivity contribution in [2.75, 3.05) is 14.1 Å². The highest BCUT2D eigenvalue weighted by Gasteiger charge is 2.43. The summed E-state index contributed by atoms with van der Waals surface area (Å²) < 4.78 is 15.2. The van der Waals surface area contributed by atoms with E-state index in [-0.39, 0.29) is 23.3 Å². The number of urea groups is 1. The molecule has 1 unspecified atom stereocenters. The molecule has 0 spiro atoms. The van der Waals surface area contributed by atoms with Crippen molar-refractivity contribution >= 4 is 6.03 Å². The standard InChI is InChI=1S/C25H35FN4O/c1-7-22(28-24(31)29(5)6)14-20-9-8-17(2)25(20,4)15-19-16-27-30(18(19)3)23-12-10-21(26)11-13-23/h10-13,16,20,22H,2,7-9,14-15H2,1,3-6H3,(H,28,31)/t20-,22?,25+/m1/s1. The molecule has 1 saturated carbocycles. The molecule has 1 aromatic carbocycles. The molecule has 31 heavy (non-hydrogen) atoms. The molecule has 0 radical (unpaired) electrons. The topological polar surface area (TPSA) is 50.2 Å². The van der Waals surface area contributed by atoms with Crippen LogP contribution in [-0.2, 0) is 6.42 Å². The van der Waals surface area contributed by atoms with Crippen LogP contribution in [0.4, 0.5) is 9.18 Å². The van der Waals surface area contributed by atoms with E-state index < -0.39 is 0 Å². The predicted octanol–water partition coefficient (Wildman–Crippen LogP) is 5.27. The largest absolute Gasteiger partial charge is 0.335 e. The summed E-state index contributed by atoms with van der Waals surface area (Å²) in [5.74, 6) is 0.194. The van der Waals surface area contributed by atoms with Gasteiger partial charge < -0.3 is 10.2 Å². The molecule has 1 fully saturated rings. The molecule has 1 aliphatic carbocycles. The van der Waals surface area contributed by atoms with Gasteiger partial charge in [0, 0.05) is 25.8 Å². The predicted molar refractivity (Wildman–Crippen MR) is 123 cm³/mol. The second-order valence-corrected chi connectivity index (χ2v) is 9.26.